The van der Waals surface area contributed by atoms with Crippen molar-refractivity contribution in [2.24, 2.45) is 7.05 Å². The second-order valence-corrected chi connectivity index (χ2v) is 7.67. The molecule has 0 aliphatic rings. The van der Waals surface area contributed by atoms with E-state index in [1.54, 1.807) is 0 Å². The van der Waals surface area contributed by atoms with Gasteiger partial charge in [-0.3, -0.25) is 4.18 Å². The van der Waals surface area contributed by atoms with E-state index in [0.717, 1.165) is 23.7 Å². The summed E-state index contributed by atoms with van der Waals surface area (Å²) >= 11 is 0. The van der Waals surface area contributed by atoms with Crippen molar-refractivity contribution in [3.63, 3.8) is 0 Å². The highest BCUT2D eigenvalue weighted by Crippen LogP contribution is 2.32. The van der Waals surface area contributed by atoms with E-state index >= 15 is 0 Å². The number of para-hydroxylation sites is 2. The van der Waals surface area contributed by atoms with Gasteiger partial charge in [-0.05, 0) is 22.9 Å². The summed E-state index contributed by atoms with van der Waals surface area (Å²) in [4.78, 5) is 5.00. The molecule has 0 radical (unpaired) electrons. The zero-order valence-electron chi connectivity index (χ0n) is 15.9. The zero-order valence-corrected chi connectivity index (χ0v) is 16.7. The number of nitrogens with zero attached hydrogens (tertiary/aromatic N) is 2. The predicted molar refractivity (Wildman–Crippen MR) is 112 cm³/mol. The number of aromatic nitrogens is 2. The molecular weight excluding hydrogens is 388 g/mol. The van der Waals surface area contributed by atoms with Crippen LogP contribution in [0, 0.1) is 0 Å². The fourth-order valence-electron chi connectivity index (χ4n) is 3.64. The summed E-state index contributed by atoms with van der Waals surface area (Å²) in [5.41, 5.74) is 4.45. The molecule has 146 valence electrons. The Balaban J connectivity index is 0.000000302. The van der Waals surface area contributed by atoms with Crippen molar-refractivity contribution in [3.05, 3.63) is 72.8 Å². The van der Waals surface area contributed by atoms with E-state index in [9.17, 15) is 13.0 Å². The van der Waals surface area contributed by atoms with E-state index in [2.05, 4.69) is 82.5 Å². The minimum Gasteiger partial charge on any atom is -0.726 e. The maximum absolute atomic E-state index is 9.22. The van der Waals surface area contributed by atoms with Crippen molar-refractivity contribution in [3.8, 4) is 0 Å². The molecule has 0 saturated heterocycles. The highest BCUT2D eigenvalue weighted by Gasteiger charge is 2.19. The van der Waals surface area contributed by atoms with Crippen LogP contribution in [-0.2, 0) is 21.6 Å². The fraction of sp³-hybridized carbons (Fsp3) is 0.0909. The fourth-order valence-corrected chi connectivity index (χ4v) is 3.64. The van der Waals surface area contributed by atoms with Crippen LogP contribution in [0.2, 0.25) is 0 Å². The Morgan fingerprint density at radius 1 is 0.828 bits per heavy atom. The van der Waals surface area contributed by atoms with E-state index in [4.69, 9.17) is 4.98 Å². The van der Waals surface area contributed by atoms with Crippen LogP contribution in [-0.4, -0.2) is 25.1 Å². The van der Waals surface area contributed by atoms with Gasteiger partial charge in [0, 0.05) is 11.5 Å². The molecule has 0 spiro atoms. The van der Waals surface area contributed by atoms with Gasteiger partial charge in [-0.25, -0.2) is 13.4 Å². The minimum atomic E-state index is -4.41. The molecule has 0 saturated carbocycles. The van der Waals surface area contributed by atoms with Gasteiger partial charge in [0.1, 0.15) is 18.1 Å². The van der Waals surface area contributed by atoms with E-state index in [1.807, 2.05) is 6.07 Å². The molecule has 29 heavy (non-hydrogen) atoms. The standard InChI is InChI=1S/C21H15N2.CH4O4S/c1-23-19-13-7-6-12-18(19)22-20-16-10-4-2-8-14(16)15-9-3-5-11-17(15)21(20)23;1-5-6(2,3)4/h2-13H,1H3;1H3,(H,2,3,4)/q+1;/p-1. The lowest BCUT2D eigenvalue weighted by Crippen LogP contribution is -2.31. The van der Waals surface area contributed by atoms with Gasteiger partial charge in [-0.2, -0.15) is 4.57 Å². The Labute approximate surface area is 167 Å². The minimum absolute atomic E-state index is 0.808. The summed E-state index contributed by atoms with van der Waals surface area (Å²) in [6.07, 6.45) is 0. The van der Waals surface area contributed by atoms with Crippen molar-refractivity contribution in [2.75, 3.05) is 7.11 Å². The molecule has 0 amide bonds. The van der Waals surface area contributed by atoms with E-state index < -0.39 is 10.4 Å². The molecule has 0 bridgehead atoms. The number of rotatable bonds is 1. The second kappa shape index (κ2) is 7.36. The van der Waals surface area contributed by atoms with Crippen molar-refractivity contribution < 1.29 is 21.7 Å². The Morgan fingerprint density at radius 3 is 1.93 bits per heavy atom. The van der Waals surface area contributed by atoms with Gasteiger partial charge >= 0.3 is 0 Å². The lowest BCUT2D eigenvalue weighted by molar-refractivity contribution is -0.617. The maximum atomic E-state index is 9.22. The van der Waals surface area contributed by atoms with Gasteiger partial charge in [-0.15, -0.1) is 0 Å². The number of fused-ring (bicyclic) bond motifs is 7. The SMILES string of the molecule is COS(=O)(=O)[O-].C[n+]1c2ccccc2nc2c3ccccc3c3ccccc3c21. The molecule has 0 fully saturated rings. The summed E-state index contributed by atoms with van der Waals surface area (Å²) in [6.45, 7) is 0. The maximum Gasteiger partial charge on any atom is 0.240 e. The third-order valence-corrected chi connectivity index (χ3v) is 5.30. The van der Waals surface area contributed by atoms with Gasteiger partial charge in [0.25, 0.3) is 0 Å². The van der Waals surface area contributed by atoms with Crippen LogP contribution in [0.1, 0.15) is 0 Å². The highest BCUT2D eigenvalue weighted by atomic mass is 32.3. The Hall–Kier alpha value is -3.13. The first-order valence-corrected chi connectivity index (χ1v) is 10.2. The van der Waals surface area contributed by atoms with Gasteiger partial charge in [-0.1, -0.05) is 54.6 Å². The molecule has 0 N–H and O–H groups in total. The number of hydrogen-bond acceptors (Lipinski definition) is 5. The lowest BCUT2D eigenvalue weighted by atomic mass is 9.99. The predicted octanol–water partition coefficient (Wildman–Crippen LogP) is 3.61. The van der Waals surface area contributed by atoms with Crippen LogP contribution in [0.15, 0.2) is 72.8 Å². The van der Waals surface area contributed by atoms with Crippen molar-refractivity contribution >= 4 is 54.0 Å². The summed E-state index contributed by atoms with van der Waals surface area (Å²) in [5, 5.41) is 5.01. The van der Waals surface area contributed by atoms with Crippen LogP contribution in [0.25, 0.3) is 43.6 Å². The van der Waals surface area contributed by atoms with Crippen LogP contribution in [0.3, 0.4) is 0 Å². The largest absolute Gasteiger partial charge is 0.726 e. The van der Waals surface area contributed by atoms with Crippen LogP contribution in [0.4, 0.5) is 0 Å². The third kappa shape index (κ3) is 3.51. The molecule has 1 heterocycles. The van der Waals surface area contributed by atoms with Gasteiger partial charge < -0.3 is 4.55 Å². The smallest absolute Gasteiger partial charge is 0.240 e. The van der Waals surface area contributed by atoms with Crippen LogP contribution >= 0.6 is 0 Å². The topological polar surface area (TPSA) is 83.2 Å². The van der Waals surface area contributed by atoms with Crippen molar-refractivity contribution in [2.45, 2.75) is 0 Å². The normalized spacial score (nSPS) is 11.7. The molecular formula is C22H18N2O4S. The summed E-state index contributed by atoms with van der Waals surface area (Å²) < 4.78 is 33.3. The summed E-state index contributed by atoms with van der Waals surface area (Å²) in [6, 6.07) is 25.5. The Bertz CT molecular complexity index is 1480. The molecule has 5 aromatic rings. The first-order chi connectivity index (χ1) is 13.9. The molecule has 6 nitrogen and oxygen atoms in total. The molecule has 7 heteroatoms. The number of hydrogen-bond donors (Lipinski definition) is 0. The van der Waals surface area contributed by atoms with Crippen LogP contribution in [0.5, 0.6) is 0 Å². The summed E-state index contributed by atoms with van der Waals surface area (Å²) in [7, 11) is -1.47. The van der Waals surface area contributed by atoms with E-state index in [1.165, 1.54) is 27.1 Å². The highest BCUT2D eigenvalue weighted by molar-refractivity contribution is 7.80. The first-order valence-electron chi connectivity index (χ1n) is 8.90. The molecule has 1 aromatic heterocycles. The molecule has 0 aliphatic heterocycles. The van der Waals surface area contributed by atoms with E-state index in [-0.39, 0.29) is 0 Å². The Morgan fingerprint density at radius 2 is 1.31 bits per heavy atom. The molecule has 0 unspecified atom stereocenters. The lowest BCUT2D eigenvalue weighted by Gasteiger charge is -2.09. The van der Waals surface area contributed by atoms with Crippen LogP contribution < -0.4 is 4.57 Å². The number of aryl methyl sites for hydroxylation is 1. The molecule has 4 aromatic carbocycles. The average Bonchev–Trinajstić information content (AvgIpc) is 2.74. The molecule has 0 aliphatic carbocycles. The van der Waals surface area contributed by atoms with E-state index in [0.29, 0.717) is 0 Å². The first kappa shape index (κ1) is 19.2. The van der Waals surface area contributed by atoms with Gasteiger partial charge in [0.2, 0.25) is 21.4 Å². The second-order valence-electron chi connectivity index (χ2n) is 6.52. The van der Waals surface area contributed by atoms with Gasteiger partial charge in [0.05, 0.1) is 12.5 Å². The third-order valence-electron chi connectivity index (χ3n) is 4.89. The zero-order chi connectivity index (χ0) is 20.6. The van der Waals surface area contributed by atoms with Crippen molar-refractivity contribution in [1.29, 1.82) is 0 Å². The average molecular weight is 406 g/mol. The quantitative estimate of drug-likeness (QED) is 0.140. The van der Waals surface area contributed by atoms with Crippen molar-refractivity contribution in [1.82, 2.24) is 4.98 Å². The Kier molecular flexibility index (Phi) is 4.87. The number of benzene rings is 4. The monoisotopic (exact) mass is 406 g/mol. The summed E-state index contributed by atoms with van der Waals surface area (Å²) in [5.74, 6) is 0. The molecule has 0 atom stereocenters. The van der Waals surface area contributed by atoms with Gasteiger partial charge in [0.15, 0.2) is 0 Å². The molecule has 5 rings (SSSR count).